The van der Waals surface area contributed by atoms with E-state index < -0.39 is 0 Å². The molecule has 2 unspecified atom stereocenters. The Hall–Kier alpha value is -1.26. The summed E-state index contributed by atoms with van der Waals surface area (Å²) in [6.07, 6.45) is 0. The molecule has 100 valence electrons. The molecule has 0 aromatic heterocycles. The summed E-state index contributed by atoms with van der Waals surface area (Å²) in [6, 6.07) is 8.64. The maximum absolute atomic E-state index is 9.29. The van der Waals surface area contributed by atoms with Gasteiger partial charge in [-0.15, -0.1) is 0 Å². The van der Waals surface area contributed by atoms with Crippen LogP contribution >= 0.6 is 0 Å². The third kappa shape index (κ3) is 2.76. The van der Waals surface area contributed by atoms with Crippen molar-refractivity contribution < 1.29 is 9.84 Å². The van der Waals surface area contributed by atoms with E-state index in [1.165, 1.54) is 0 Å². The average Bonchev–Trinajstić information content (AvgIpc) is 2.41. The lowest BCUT2D eigenvalue weighted by Crippen LogP contribution is -2.57. The molecule has 1 aromatic carbocycles. The number of rotatable bonds is 4. The van der Waals surface area contributed by atoms with E-state index >= 15 is 0 Å². The third-order valence-corrected chi connectivity index (χ3v) is 3.35. The first-order valence-electron chi connectivity index (χ1n) is 6.59. The van der Waals surface area contributed by atoms with E-state index in [2.05, 4.69) is 23.2 Å². The molecule has 1 fully saturated rings. The first-order valence-corrected chi connectivity index (χ1v) is 6.59. The highest BCUT2D eigenvalue weighted by Gasteiger charge is 2.26. The van der Waals surface area contributed by atoms with Gasteiger partial charge in [-0.1, -0.05) is 12.1 Å². The van der Waals surface area contributed by atoms with Crippen molar-refractivity contribution in [3.05, 3.63) is 24.3 Å². The van der Waals surface area contributed by atoms with Crippen LogP contribution in [0.4, 0.5) is 5.69 Å². The van der Waals surface area contributed by atoms with Crippen molar-refractivity contribution >= 4 is 5.69 Å². The number of hydrogen-bond donors (Lipinski definition) is 2. The fourth-order valence-corrected chi connectivity index (χ4v) is 2.36. The topological polar surface area (TPSA) is 44.7 Å². The van der Waals surface area contributed by atoms with Gasteiger partial charge in [-0.25, -0.2) is 0 Å². The van der Waals surface area contributed by atoms with Gasteiger partial charge in [-0.2, -0.15) is 0 Å². The number of anilines is 1. The zero-order valence-electron chi connectivity index (χ0n) is 11.1. The number of aliphatic hydroxyl groups excluding tert-OH is 1. The highest BCUT2D eigenvalue weighted by molar-refractivity contribution is 5.59. The zero-order chi connectivity index (χ0) is 13.0. The second-order valence-corrected chi connectivity index (χ2v) is 4.69. The number of aliphatic hydroxyl groups is 1. The largest absolute Gasteiger partial charge is 0.492 e. The molecule has 0 bridgehead atoms. The lowest BCUT2D eigenvalue weighted by molar-refractivity contribution is 0.227. The molecule has 0 aliphatic carbocycles. The van der Waals surface area contributed by atoms with E-state index in [1.807, 2.05) is 25.1 Å². The van der Waals surface area contributed by atoms with Gasteiger partial charge < -0.3 is 20.1 Å². The lowest BCUT2D eigenvalue weighted by atomic mass is 10.1. The zero-order valence-corrected chi connectivity index (χ0v) is 11.1. The fourth-order valence-electron chi connectivity index (χ4n) is 2.36. The predicted molar refractivity (Wildman–Crippen MR) is 73.3 cm³/mol. The minimum Gasteiger partial charge on any atom is -0.492 e. The van der Waals surface area contributed by atoms with Gasteiger partial charge in [0.25, 0.3) is 0 Å². The van der Waals surface area contributed by atoms with Crippen LogP contribution in [0.1, 0.15) is 13.8 Å². The first-order chi connectivity index (χ1) is 8.76. The summed E-state index contributed by atoms with van der Waals surface area (Å²) < 4.78 is 5.68. The van der Waals surface area contributed by atoms with Crippen LogP contribution in [0.2, 0.25) is 0 Å². The van der Waals surface area contributed by atoms with Gasteiger partial charge in [-0.05, 0) is 26.0 Å². The van der Waals surface area contributed by atoms with Crippen LogP contribution < -0.4 is 15.0 Å². The Morgan fingerprint density at radius 1 is 1.44 bits per heavy atom. The maximum Gasteiger partial charge on any atom is 0.142 e. The van der Waals surface area contributed by atoms with Gasteiger partial charge in [0.1, 0.15) is 5.75 Å². The van der Waals surface area contributed by atoms with Gasteiger partial charge >= 0.3 is 0 Å². The van der Waals surface area contributed by atoms with Crippen molar-refractivity contribution in [1.82, 2.24) is 5.32 Å². The molecule has 0 spiro atoms. The van der Waals surface area contributed by atoms with Crippen LogP contribution in [-0.4, -0.2) is 43.5 Å². The van der Waals surface area contributed by atoms with Gasteiger partial charge in [0, 0.05) is 25.2 Å². The molecular formula is C14H22N2O2. The van der Waals surface area contributed by atoms with Gasteiger partial charge in [0.15, 0.2) is 0 Å². The number of nitrogens with one attached hydrogen (secondary N) is 1. The fraction of sp³-hybridized carbons (Fsp3) is 0.571. The summed E-state index contributed by atoms with van der Waals surface area (Å²) >= 11 is 0. The average molecular weight is 250 g/mol. The standard InChI is InChI=1S/C14H22N2O2/c1-3-18-14-7-5-4-6-13(14)16-9-12(10-17)15-8-11(16)2/h4-7,11-12,15,17H,3,8-10H2,1-2H3. The maximum atomic E-state index is 9.29. The number of piperazine rings is 1. The Labute approximate surface area is 109 Å². The van der Waals surface area contributed by atoms with Gasteiger partial charge in [-0.3, -0.25) is 0 Å². The second-order valence-electron chi connectivity index (χ2n) is 4.69. The van der Waals surface area contributed by atoms with Crippen LogP contribution in [0, 0.1) is 0 Å². The number of benzene rings is 1. The summed E-state index contributed by atoms with van der Waals surface area (Å²) in [7, 11) is 0. The Kier molecular flexibility index (Phi) is 4.44. The summed E-state index contributed by atoms with van der Waals surface area (Å²) in [5.74, 6) is 0.922. The highest BCUT2D eigenvalue weighted by atomic mass is 16.5. The molecule has 4 heteroatoms. The molecule has 0 amide bonds. The quantitative estimate of drug-likeness (QED) is 0.844. The van der Waals surface area contributed by atoms with E-state index in [4.69, 9.17) is 4.74 Å². The van der Waals surface area contributed by atoms with E-state index in [9.17, 15) is 5.11 Å². The lowest BCUT2D eigenvalue weighted by Gasteiger charge is -2.40. The number of para-hydroxylation sites is 2. The Morgan fingerprint density at radius 3 is 2.94 bits per heavy atom. The van der Waals surface area contributed by atoms with E-state index in [-0.39, 0.29) is 12.6 Å². The van der Waals surface area contributed by atoms with Gasteiger partial charge in [0.05, 0.1) is 18.9 Å². The van der Waals surface area contributed by atoms with Crippen molar-refractivity contribution in [3.63, 3.8) is 0 Å². The molecule has 1 aromatic rings. The van der Waals surface area contributed by atoms with Crippen molar-refractivity contribution in [1.29, 1.82) is 0 Å². The van der Waals surface area contributed by atoms with Crippen molar-refractivity contribution in [2.45, 2.75) is 25.9 Å². The first kappa shape index (κ1) is 13.2. The normalized spacial score (nSPS) is 24.1. The molecular weight excluding hydrogens is 228 g/mol. The van der Waals surface area contributed by atoms with Crippen LogP contribution in [0.25, 0.3) is 0 Å². The molecule has 1 aliphatic heterocycles. The molecule has 18 heavy (non-hydrogen) atoms. The van der Waals surface area contributed by atoms with Crippen LogP contribution in [0.15, 0.2) is 24.3 Å². The van der Waals surface area contributed by atoms with E-state index in [1.54, 1.807) is 0 Å². The van der Waals surface area contributed by atoms with Crippen molar-refractivity contribution in [2.75, 3.05) is 31.2 Å². The van der Waals surface area contributed by atoms with Crippen molar-refractivity contribution in [3.8, 4) is 5.75 Å². The summed E-state index contributed by atoms with van der Waals surface area (Å²) in [5, 5.41) is 12.6. The van der Waals surface area contributed by atoms with Crippen LogP contribution in [0.5, 0.6) is 5.75 Å². The molecule has 1 heterocycles. The SMILES string of the molecule is CCOc1ccccc1N1CC(CO)NCC1C. The summed E-state index contributed by atoms with van der Waals surface area (Å²) in [5.41, 5.74) is 1.12. The monoisotopic (exact) mass is 250 g/mol. The van der Waals surface area contributed by atoms with Crippen LogP contribution in [0.3, 0.4) is 0 Å². The molecule has 2 rings (SSSR count). The Balaban J connectivity index is 2.22. The van der Waals surface area contributed by atoms with Gasteiger partial charge in [0.2, 0.25) is 0 Å². The molecule has 4 nitrogen and oxygen atoms in total. The summed E-state index contributed by atoms with van der Waals surface area (Å²) in [6.45, 7) is 6.70. The molecule has 1 saturated heterocycles. The van der Waals surface area contributed by atoms with E-state index in [0.29, 0.717) is 12.6 Å². The molecule has 1 aliphatic rings. The molecule has 0 saturated carbocycles. The molecule has 2 N–H and O–H groups in total. The van der Waals surface area contributed by atoms with E-state index in [0.717, 1.165) is 24.5 Å². The predicted octanol–water partition coefficient (Wildman–Crippen LogP) is 1.24. The van der Waals surface area contributed by atoms with Crippen molar-refractivity contribution in [2.24, 2.45) is 0 Å². The Morgan fingerprint density at radius 2 is 2.22 bits per heavy atom. The minimum absolute atomic E-state index is 0.135. The molecule has 0 radical (unpaired) electrons. The highest BCUT2D eigenvalue weighted by Crippen LogP contribution is 2.30. The molecule has 2 atom stereocenters. The Bertz CT molecular complexity index is 384. The van der Waals surface area contributed by atoms with Crippen LogP contribution in [-0.2, 0) is 0 Å². The summed E-state index contributed by atoms with van der Waals surface area (Å²) in [4.78, 5) is 2.31. The third-order valence-electron chi connectivity index (χ3n) is 3.35. The smallest absolute Gasteiger partial charge is 0.142 e. The number of hydrogen-bond acceptors (Lipinski definition) is 4. The second kappa shape index (κ2) is 6.07. The minimum atomic E-state index is 0.135. The number of nitrogens with zero attached hydrogens (tertiary/aromatic N) is 1. The number of ether oxygens (including phenoxy) is 1.